The fourth-order valence-electron chi connectivity index (χ4n) is 2.99. The van der Waals surface area contributed by atoms with Crippen molar-refractivity contribution in [1.29, 1.82) is 0 Å². The molecule has 0 aliphatic carbocycles. The Balaban J connectivity index is 1.60. The van der Waals surface area contributed by atoms with Crippen molar-refractivity contribution in [2.45, 2.75) is 26.2 Å². The highest BCUT2D eigenvalue weighted by Gasteiger charge is 2.10. The number of hydrogen-bond donors (Lipinski definition) is 2. The van der Waals surface area contributed by atoms with Crippen LogP contribution < -0.4 is 14.8 Å². The molecule has 158 valence electrons. The number of hydrogen-bond acceptors (Lipinski definition) is 4. The zero-order chi connectivity index (χ0) is 21.3. The molecule has 0 aliphatic heterocycles. The lowest BCUT2D eigenvalue weighted by molar-refractivity contribution is 0.174. The Morgan fingerprint density at radius 2 is 1.73 bits per heavy atom. The molecule has 0 aliphatic rings. The van der Waals surface area contributed by atoms with Gasteiger partial charge in [-0.2, -0.15) is 0 Å². The Morgan fingerprint density at radius 3 is 2.47 bits per heavy atom. The topological polar surface area (TPSA) is 50.7 Å². The molecule has 0 saturated carbocycles. The molecule has 0 aromatic heterocycles. The summed E-state index contributed by atoms with van der Waals surface area (Å²) < 4.78 is 11.7. The van der Waals surface area contributed by atoms with Crippen LogP contribution in [0, 0.1) is 0 Å². The van der Waals surface area contributed by atoms with Gasteiger partial charge in [-0.25, -0.2) is 0 Å². The zero-order valence-electron chi connectivity index (χ0n) is 16.8. The van der Waals surface area contributed by atoms with Crippen molar-refractivity contribution in [3.8, 4) is 11.5 Å². The van der Waals surface area contributed by atoms with E-state index in [9.17, 15) is 5.11 Å². The van der Waals surface area contributed by atoms with Crippen molar-refractivity contribution >= 4 is 23.2 Å². The molecule has 0 radical (unpaired) electrons. The predicted octanol–water partition coefficient (Wildman–Crippen LogP) is 5.79. The van der Waals surface area contributed by atoms with Gasteiger partial charge in [0.15, 0.2) is 11.5 Å². The number of rotatable bonds is 10. The van der Waals surface area contributed by atoms with Crippen LogP contribution in [0.25, 0.3) is 0 Å². The molecule has 6 heteroatoms. The summed E-state index contributed by atoms with van der Waals surface area (Å²) in [7, 11) is 0. The van der Waals surface area contributed by atoms with E-state index in [1.165, 1.54) is 0 Å². The summed E-state index contributed by atoms with van der Waals surface area (Å²) in [6.45, 7) is 3.84. The van der Waals surface area contributed by atoms with Gasteiger partial charge in [0, 0.05) is 28.7 Å². The second-order valence-electron chi connectivity index (χ2n) is 6.80. The van der Waals surface area contributed by atoms with Crippen LogP contribution in [0.1, 0.15) is 29.7 Å². The summed E-state index contributed by atoms with van der Waals surface area (Å²) in [5, 5.41) is 14.7. The molecule has 3 rings (SSSR count). The number of halogens is 2. The second-order valence-corrected chi connectivity index (χ2v) is 7.64. The Bertz CT molecular complexity index is 950. The third-order valence-electron chi connectivity index (χ3n) is 4.56. The van der Waals surface area contributed by atoms with Crippen LogP contribution in [-0.2, 0) is 13.2 Å². The van der Waals surface area contributed by atoms with Crippen LogP contribution in [0.5, 0.6) is 11.5 Å². The Labute approximate surface area is 187 Å². The lowest BCUT2D eigenvalue weighted by Gasteiger charge is -2.15. The van der Waals surface area contributed by atoms with E-state index in [0.29, 0.717) is 47.8 Å². The van der Waals surface area contributed by atoms with E-state index in [1.54, 1.807) is 12.1 Å². The third kappa shape index (κ3) is 6.38. The number of aliphatic hydroxyl groups excluding tert-OH is 1. The minimum Gasteiger partial charge on any atom is -0.490 e. The SMILES string of the molecule is CCOc1cc(CNC[C@@H](O)c2ccccc2)ccc1OCc1ccc(Cl)cc1Cl. The van der Waals surface area contributed by atoms with Crippen molar-refractivity contribution < 1.29 is 14.6 Å². The van der Waals surface area contributed by atoms with E-state index >= 15 is 0 Å². The van der Waals surface area contributed by atoms with Gasteiger partial charge < -0.3 is 19.9 Å². The average Bonchev–Trinajstić information content (AvgIpc) is 2.75. The van der Waals surface area contributed by atoms with Crippen molar-refractivity contribution in [3.63, 3.8) is 0 Å². The van der Waals surface area contributed by atoms with Crippen molar-refractivity contribution in [3.05, 3.63) is 93.5 Å². The summed E-state index contributed by atoms with van der Waals surface area (Å²) in [6.07, 6.45) is -0.552. The Hall–Kier alpha value is -2.24. The predicted molar refractivity (Wildman–Crippen MR) is 122 cm³/mol. The molecule has 3 aromatic rings. The van der Waals surface area contributed by atoms with E-state index in [2.05, 4.69) is 5.32 Å². The summed E-state index contributed by atoms with van der Waals surface area (Å²) in [4.78, 5) is 0. The molecule has 0 unspecified atom stereocenters. The minimum absolute atomic E-state index is 0.316. The van der Waals surface area contributed by atoms with Crippen LogP contribution >= 0.6 is 23.2 Å². The Kier molecular flexibility index (Phi) is 8.40. The molecule has 0 saturated heterocycles. The van der Waals surface area contributed by atoms with Gasteiger partial charge in [0.2, 0.25) is 0 Å². The molecular formula is C24H25Cl2NO3. The van der Waals surface area contributed by atoms with Gasteiger partial charge in [-0.15, -0.1) is 0 Å². The van der Waals surface area contributed by atoms with Gasteiger partial charge in [-0.05, 0) is 42.3 Å². The molecule has 2 N–H and O–H groups in total. The Morgan fingerprint density at radius 1 is 0.933 bits per heavy atom. The molecule has 4 nitrogen and oxygen atoms in total. The molecule has 0 heterocycles. The first kappa shape index (κ1) is 22.4. The maximum Gasteiger partial charge on any atom is 0.161 e. The highest BCUT2D eigenvalue weighted by Crippen LogP contribution is 2.30. The van der Waals surface area contributed by atoms with Gasteiger partial charge >= 0.3 is 0 Å². The first-order chi connectivity index (χ1) is 14.6. The number of nitrogens with one attached hydrogen (secondary N) is 1. The maximum atomic E-state index is 10.3. The second kappa shape index (κ2) is 11.2. The number of benzene rings is 3. The lowest BCUT2D eigenvalue weighted by Crippen LogP contribution is -2.21. The lowest BCUT2D eigenvalue weighted by atomic mass is 10.1. The highest BCUT2D eigenvalue weighted by atomic mass is 35.5. The van der Waals surface area contributed by atoms with E-state index in [0.717, 1.165) is 16.7 Å². The standard InChI is InChI=1S/C24H25Cl2NO3/c1-2-29-24-12-17(14-27-15-22(28)18-6-4-3-5-7-18)8-11-23(24)30-16-19-9-10-20(25)13-21(19)26/h3-13,22,27-28H,2,14-16H2,1H3/t22-/m1/s1. The fraction of sp³-hybridized carbons (Fsp3) is 0.250. The minimum atomic E-state index is -0.552. The van der Waals surface area contributed by atoms with Crippen LogP contribution in [0.15, 0.2) is 66.7 Å². The molecule has 3 aromatic carbocycles. The van der Waals surface area contributed by atoms with Crippen molar-refractivity contribution in [2.75, 3.05) is 13.2 Å². The van der Waals surface area contributed by atoms with Crippen LogP contribution in [0.2, 0.25) is 10.0 Å². The normalized spacial score (nSPS) is 11.9. The van der Waals surface area contributed by atoms with Crippen molar-refractivity contribution in [1.82, 2.24) is 5.32 Å². The fourth-order valence-corrected chi connectivity index (χ4v) is 3.45. The van der Waals surface area contributed by atoms with E-state index in [1.807, 2.05) is 61.5 Å². The van der Waals surface area contributed by atoms with Gasteiger partial charge in [0.05, 0.1) is 12.7 Å². The van der Waals surface area contributed by atoms with Gasteiger partial charge in [0.25, 0.3) is 0 Å². The van der Waals surface area contributed by atoms with Gasteiger partial charge in [0.1, 0.15) is 6.61 Å². The average molecular weight is 446 g/mol. The maximum absolute atomic E-state index is 10.3. The van der Waals surface area contributed by atoms with Crippen LogP contribution in [-0.4, -0.2) is 18.3 Å². The highest BCUT2D eigenvalue weighted by molar-refractivity contribution is 6.35. The molecule has 1 atom stereocenters. The molecule has 30 heavy (non-hydrogen) atoms. The van der Waals surface area contributed by atoms with Crippen LogP contribution in [0.4, 0.5) is 0 Å². The van der Waals surface area contributed by atoms with Crippen molar-refractivity contribution in [2.24, 2.45) is 0 Å². The van der Waals surface area contributed by atoms with Crippen LogP contribution in [0.3, 0.4) is 0 Å². The summed E-state index contributed by atoms with van der Waals surface area (Å²) in [5.74, 6) is 1.32. The molecule has 0 bridgehead atoms. The first-order valence-corrected chi connectivity index (χ1v) is 10.6. The summed E-state index contributed by atoms with van der Waals surface area (Å²) in [6, 6.07) is 20.7. The summed E-state index contributed by atoms with van der Waals surface area (Å²) in [5.41, 5.74) is 2.78. The first-order valence-electron chi connectivity index (χ1n) is 9.83. The molecule has 0 spiro atoms. The third-order valence-corrected chi connectivity index (χ3v) is 5.14. The van der Waals surface area contributed by atoms with Gasteiger partial charge in [-0.3, -0.25) is 0 Å². The molecule has 0 fully saturated rings. The van der Waals surface area contributed by atoms with E-state index in [-0.39, 0.29) is 0 Å². The number of ether oxygens (including phenoxy) is 2. The summed E-state index contributed by atoms with van der Waals surface area (Å²) >= 11 is 12.2. The monoisotopic (exact) mass is 445 g/mol. The molecular weight excluding hydrogens is 421 g/mol. The van der Waals surface area contributed by atoms with E-state index < -0.39 is 6.10 Å². The number of aliphatic hydroxyl groups is 1. The quantitative estimate of drug-likeness (QED) is 0.414. The zero-order valence-corrected chi connectivity index (χ0v) is 18.3. The van der Waals surface area contributed by atoms with Gasteiger partial charge in [-0.1, -0.05) is 65.7 Å². The van der Waals surface area contributed by atoms with E-state index in [4.69, 9.17) is 32.7 Å². The molecule has 0 amide bonds. The largest absolute Gasteiger partial charge is 0.490 e. The smallest absolute Gasteiger partial charge is 0.161 e.